The Labute approximate surface area is 184 Å². The Hall–Kier alpha value is -2.82. The number of amides is 1. The van der Waals surface area contributed by atoms with E-state index in [9.17, 15) is 10.1 Å². The number of aromatic nitrogens is 1. The SMILES string of the molecule is CCOc1ccc(C[NH+](C)CC(=O)Nc2c(C#N)c(C)c(C)n2C[C@H]2CCCO2)cc1. The fourth-order valence-electron chi connectivity index (χ4n) is 4.08. The van der Waals surface area contributed by atoms with E-state index in [1.807, 2.05) is 56.7 Å². The summed E-state index contributed by atoms with van der Waals surface area (Å²) in [6.07, 6.45) is 2.18. The highest BCUT2D eigenvalue weighted by atomic mass is 16.5. The molecule has 1 unspecified atom stereocenters. The first-order valence-corrected chi connectivity index (χ1v) is 11.0. The summed E-state index contributed by atoms with van der Waals surface area (Å²) in [6, 6.07) is 10.2. The number of rotatable bonds is 9. The van der Waals surface area contributed by atoms with Crippen molar-refractivity contribution in [3.05, 3.63) is 46.6 Å². The maximum atomic E-state index is 12.8. The predicted molar refractivity (Wildman–Crippen MR) is 119 cm³/mol. The number of hydrogen-bond donors (Lipinski definition) is 2. The Bertz CT molecular complexity index is 937. The number of benzene rings is 1. The number of nitriles is 1. The zero-order chi connectivity index (χ0) is 22.4. The molecule has 7 heteroatoms. The first kappa shape index (κ1) is 22.9. The van der Waals surface area contributed by atoms with Crippen molar-refractivity contribution in [1.82, 2.24) is 4.57 Å². The molecule has 31 heavy (non-hydrogen) atoms. The third kappa shape index (κ3) is 5.66. The van der Waals surface area contributed by atoms with Crippen LogP contribution >= 0.6 is 0 Å². The molecule has 1 aliphatic rings. The van der Waals surface area contributed by atoms with E-state index < -0.39 is 0 Å². The normalized spacial score (nSPS) is 16.7. The molecule has 0 saturated carbocycles. The lowest BCUT2D eigenvalue weighted by atomic mass is 10.2. The number of likely N-dealkylation sites (N-methyl/N-ethyl adjacent to an activating group) is 1. The van der Waals surface area contributed by atoms with E-state index in [1.54, 1.807) is 0 Å². The molecule has 1 amide bonds. The molecule has 0 radical (unpaired) electrons. The van der Waals surface area contributed by atoms with Crippen molar-refractivity contribution < 1.29 is 19.2 Å². The molecule has 2 aromatic rings. The fourth-order valence-corrected chi connectivity index (χ4v) is 4.08. The summed E-state index contributed by atoms with van der Waals surface area (Å²) >= 11 is 0. The summed E-state index contributed by atoms with van der Waals surface area (Å²) in [5.41, 5.74) is 3.58. The molecule has 2 atom stereocenters. The molecular weight excluding hydrogens is 392 g/mol. The molecule has 7 nitrogen and oxygen atoms in total. The predicted octanol–water partition coefficient (Wildman–Crippen LogP) is 2.21. The Kier molecular flexibility index (Phi) is 7.72. The summed E-state index contributed by atoms with van der Waals surface area (Å²) in [5, 5.41) is 12.7. The van der Waals surface area contributed by atoms with Gasteiger partial charge in [0.25, 0.3) is 5.91 Å². The Morgan fingerprint density at radius 1 is 1.35 bits per heavy atom. The Morgan fingerprint density at radius 2 is 2.10 bits per heavy atom. The van der Waals surface area contributed by atoms with Crippen molar-refractivity contribution in [3.63, 3.8) is 0 Å². The van der Waals surface area contributed by atoms with Gasteiger partial charge in [-0.1, -0.05) is 0 Å². The molecule has 1 saturated heterocycles. The minimum atomic E-state index is -0.106. The van der Waals surface area contributed by atoms with Crippen LogP contribution in [0.3, 0.4) is 0 Å². The van der Waals surface area contributed by atoms with Gasteiger partial charge in [-0.15, -0.1) is 0 Å². The lowest BCUT2D eigenvalue weighted by Gasteiger charge is -2.18. The Balaban J connectivity index is 1.66. The standard InChI is InChI=1S/C24H32N4O3/c1-5-30-20-10-8-19(9-11-20)14-27(4)16-23(29)26-24-22(13-25)17(2)18(3)28(24)15-21-7-6-12-31-21/h8-11,21H,5-7,12,14-16H2,1-4H3,(H,26,29)/p+1/t21-/m1/s1. The maximum absolute atomic E-state index is 12.8. The second kappa shape index (κ2) is 10.5. The van der Waals surface area contributed by atoms with Gasteiger partial charge in [-0.05, 0) is 63.4 Å². The van der Waals surface area contributed by atoms with Crippen LogP contribution < -0.4 is 15.0 Å². The molecule has 1 fully saturated rings. The maximum Gasteiger partial charge on any atom is 0.280 e. The van der Waals surface area contributed by atoms with E-state index >= 15 is 0 Å². The van der Waals surface area contributed by atoms with Crippen molar-refractivity contribution >= 4 is 11.7 Å². The highest BCUT2D eigenvalue weighted by molar-refractivity contribution is 5.92. The smallest absolute Gasteiger partial charge is 0.280 e. The van der Waals surface area contributed by atoms with Crippen LogP contribution in [-0.4, -0.2) is 43.4 Å². The molecule has 2 N–H and O–H groups in total. The number of quaternary nitrogens is 1. The summed E-state index contributed by atoms with van der Waals surface area (Å²) < 4.78 is 13.3. The molecule has 1 aliphatic heterocycles. The van der Waals surface area contributed by atoms with Gasteiger partial charge in [0.15, 0.2) is 6.54 Å². The number of nitrogens with one attached hydrogen (secondary N) is 2. The van der Waals surface area contributed by atoms with Crippen molar-refractivity contribution in [2.75, 3.05) is 32.1 Å². The van der Waals surface area contributed by atoms with Crippen LogP contribution in [0.1, 0.15) is 42.1 Å². The number of carbonyl (C=O) groups excluding carboxylic acids is 1. The largest absolute Gasteiger partial charge is 0.494 e. The second-order valence-electron chi connectivity index (χ2n) is 8.23. The first-order valence-electron chi connectivity index (χ1n) is 11.0. The van der Waals surface area contributed by atoms with Crippen LogP contribution in [0, 0.1) is 25.2 Å². The van der Waals surface area contributed by atoms with E-state index in [-0.39, 0.29) is 12.0 Å². The number of ether oxygens (including phenoxy) is 2. The highest BCUT2D eigenvalue weighted by Crippen LogP contribution is 2.28. The molecule has 0 aliphatic carbocycles. The average molecular weight is 426 g/mol. The van der Waals surface area contributed by atoms with Gasteiger partial charge in [0.2, 0.25) is 0 Å². The van der Waals surface area contributed by atoms with Crippen LogP contribution in [0.25, 0.3) is 0 Å². The van der Waals surface area contributed by atoms with Gasteiger partial charge in [0.1, 0.15) is 24.2 Å². The van der Waals surface area contributed by atoms with E-state index in [4.69, 9.17) is 9.47 Å². The zero-order valence-electron chi connectivity index (χ0n) is 19.0. The summed E-state index contributed by atoms with van der Waals surface area (Å²) in [7, 11) is 1.99. The lowest BCUT2D eigenvalue weighted by Crippen LogP contribution is -3.08. The number of hydrogen-bond acceptors (Lipinski definition) is 4. The second-order valence-corrected chi connectivity index (χ2v) is 8.23. The third-order valence-electron chi connectivity index (χ3n) is 5.81. The van der Waals surface area contributed by atoms with Gasteiger partial charge in [-0.3, -0.25) is 4.79 Å². The van der Waals surface area contributed by atoms with E-state index in [1.165, 1.54) is 0 Å². The first-order chi connectivity index (χ1) is 14.9. The van der Waals surface area contributed by atoms with Crippen LogP contribution in [0.4, 0.5) is 5.82 Å². The van der Waals surface area contributed by atoms with Gasteiger partial charge in [0.05, 0.1) is 31.9 Å². The van der Waals surface area contributed by atoms with Crippen LogP contribution in [0.15, 0.2) is 24.3 Å². The van der Waals surface area contributed by atoms with Gasteiger partial charge >= 0.3 is 0 Å². The fraction of sp³-hybridized carbons (Fsp3) is 0.500. The summed E-state index contributed by atoms with van der Waals surface area (Å²) in [6.45, 7) is 8.98. The molecule has 0 spiro atoms. The van der Waals surface area contributed by atoms with Crippen molar-refractivity contribution in [2.24, 2.45) is 0 Å². The zero-order valence-corrected chi connectivity index (χ0v) is 19.0. The van der Waals surface area contributed by atoms with Crippen molar-refractivity contribution in [3.8, 4) is 11.8 Å². The van der Waals surface area contributed by atoms with E-state index in [2.05, 4.69) is 11.4 Å². The van der Waals surface area contributed by atoms with E-state index in [0.717, 1.165) is 53.5 Å². The van der Waals surface area contributed by atoms with Crippen molar-refractivity contribution in [2.45, 2.75) is 52.8 Å². The lowest BCUT2D eigenvalue weighted by molar-refractivity contribution is -0.885. The topological polar surface area (TPSA) is 80.7 Å². The van der Waals surface area contributed by atoms with Gasteiger partial charge < -0.3 is 24.3 Å². The number of anilines is 1. The van der Waals surface area contributed by atoms with Crippen LogP contribution in [0.2, 0.25) is 0 Å². The minimum absolute atomic E-state index is 0.106. The van der Waals surface area contributed by atoms with Crippen molar-refractivity contribution in [1.29, 1.82) is 5.26 Å². The monoisotopic (exact) mass is 425 g/mol. The van der Waals surface area contributed by atoms with Crippen LogP contribution in [-0.2, 0) is 22.6 Å². The van der Waals surface area contributed by atoms with Gasteiger partial charge in [-0.2, -0.15) is 5.26 Å². The molecular formula is C24H33N4O3+. The third-order valence-corrected chi connectivity index (χ3v) is 5.81. The quantitative estimate of drug-likeness (QED) is 0.646. The highest BCUT2D eigenvalue weighted by Gasteiger charge is 2.24. The van der Waals surface area contributed by atoms with Gasteiger partial charge in [0, 0.05) is 17.9 Å². The molecule has 3 rings (SSSR count). The molecule has 1 aromatic heterocycles. The van der Waals surface area contributed by atoms with Gasteiger partial charge in [-0.25, -0.2) is 0 Å². The number of carbonyl (C=O) groups is 1. The Morgan fingerprint density at radius 3 is 2.71 bits per heavy atom. The van der Waals surface area contributed by atoms with E-state index in [0.29, 0.717) is 31.1 Å². The summed E-state index contributed by atoms with van der Waals surface area (Å²) in [5.74, 6) is 1.33. The summed E-state index contributed by atoms with van der Waals surface area (Å²) in [4.78, 5) is 13.9. The molecule has 2 heterocycles. The number of nitrogens with zero attached hydrogens (tertiary/aromatic N) is 2. The average Bonchev–Trinajstić information content (AvgIpc) is 3.32. The molecule has 0 bridgehead atoms. The van der Waals surface area contributed by atoms with Crippen LogP contribution in [0.5, 0.6) is 5.75 Å². The minimum Gasteiger partial charge on any atom is -0.494 e. The molecule has 1 aromatic carbocycles. The molecule has 166 valence electrons.